The fourth-order valence-corrected chi connectivity index (χ4v) is 5.02. The summed E-state index contributed by atoms with van der Waals surface area (Å²) in [5, 5.41) is 0.164. The largest absolute Gasteiger partial charge is 0.390 e. The summed E-state index contributed by atoms with van der Waals surface area (Å²) in [7, 11) is 0. The predicted octanol–water partition coefficient (Wildman–Crippen LogP) is 2.15. The first-order valence-corrected chi connectivity index (χ1v) is 10.8. The lowest BCUT2D eigenvalue weighted by Gasteiger charge is -2.29. The molecule has 0 spiro atoms. The van der Waals surface area contributed by atoms with Crippen molar-refractivity contribution in [2.75, 3.05) is 19.8 Å². The van der Waals surface area contributed by atoms with E-state index in [-0.39, 0.29) is 29.9 Å². The van der Waals surface area contributed by atoms with Crippen molar-refractivity contribution >= 4 is 27.6 Å². The van der Waals surface area contributed by atoms with Crippen molar-refractivity contribution in [2.45, 2.75) is 58.8 Å². The molecule has 3 heterocycles. The Balaban J connectivity index is 2.07. The first-order chi connectivity index (χ1) is 14.9. The molecule has 0 aromatic carbocycles. The van der Waals surface area contributed by atoms with Crippen molar-refractivity contribution < 1.29 is 27.4 Å². The van der Waals surface area contributed by atoms with Gasteiger partial charge in [-0.25, -0.2) is 9.59 Å². The molecule has 0 aliphatic carbocycles. The van der Waals surface area contributed by atoms with E-state index in [9.17, 15) is 27.6 Å². The molecule has 2 N–H and O–H groups in total. The van der Waals surface area contributed by atoms with Crippen LogP contribution in [0.2, 0.25) is 0 Å². The molecule has 178 valence electrons. The minimum absolute atomic E-state index is 0.0121. The molecule has 1 aliphatic heterocycles. The van der Waals surface area contributed by atoms with Gasteiger partial charge in [0.05, 0.1) is 38.1 Å². The monoisotopic (exact) mass is 478 g/mol. The van der Waals surface area contributed by atoms with Crippen molar-refractivity contribution in [3.05, 3.63) is 31.3 Å². The number of nitrogens with zero attached hydrogens (tertiary/aromatic N) is 3. The molecule has 13 heteroatoms. The summed E-state index contributed by atoms with van der Waals surface area (Å²) >= 11 is 1.00. The van der Waals surface area contributed by atoms with E-state index in [2.05, 4.69) is 0 Å². The molecule has 2 aromatic rings. The minimum Gasteiger partial charge on any atom is -0.351 e. The van der Waals surface area contributed by atoms with E-state index in [1.165, 1.54) is 4.90 Å². The molecule has 0 atom stereocenters. The van der Waals surface area contributed by atoms with E-state index in [4.69, 9.17) is 15.2 Å². The molecule has 3 rings (SSSR count). The van der Waals surface area contributed by atoms with E-state index in [1.54, 1.807) is 20.8 Å². The van der Waals surface area contributed by atoms with Crippen LogP contribution in [0.25, 0.3) is 10.2 Å². The Bertz CT molecular complexity index is 1130. The van der Waals surface area contributed by atoms with Gasteiger partial charge < -0.3 is 20.1 Å². The van der Waals surface area contributed by atoms with Crippen molar-refractivity contribution in [1.82, 2.24) is 14.0 Å². The highest BCUT2D eigenvalue weighted by Crippen LogP contribution is 2.31. The Morgan fingerprint density at radius 2 is 1.88 bits per heavy atom. The smallest absolute Gasteiger partial charge is 0.351 e. The van der Waals surface area contributed by atoms with E-state index in [0.29, 0.717) is 23.7 Å². The second kappa shape index (κ2) is 8.87. The number of rotatable bonds is 7. The molecule has 0 bridgehead atoms. The molecule has 1 fully saturated rings. The number of nitrogens with two attached hydrogens (primary N) is 1. The average molecular weight is 478 g/mol. The van der Waals surface area contributed by atoms with Crippen LogP contribution in [-0.4, -0.2) is 51.8 Å². The number of hydrogen-bond donors (Lipinski definition) is 1. The number of thiophene rings is 1. The van der Waals surface area contributed by atoms with E-state index < -0.39 is 42.2 Å². The van der Waals surface area contributed by atoms with Crippen LogP contribution in [0.5, 0.6) is 0 Å². The number of amides is 2. The van der Waals surface area contributed by atoms with Gasteiger partial charge in [-0.1, -0.05) is 0 Å². The molecule has 1 saturated heterocycles. The highest BCUT2D eigenvalue weighted by Gasteiger charge is 2.35. The molecule has 2 amide bonds. The van der Waals surface area contributed by atoms with Crippen molar-refractivity contribution in [3.8, 4) is 0 Å². The topological polar surface area (TPSA) is 109 Å². The zero-order valence-corrected chi connectivity index (χ0v) is 18.8. The van der Waals surface area contributed by atoms with Gasteiger partial charge in [0.2, 0.25) is 0 Å². The molecule has 2 aromatic heterocycles. The zero-order valence-electron chi connectivity index (χ0n) is 18.0. The Morgan fingerprint density at radius 1 is 1.25 bits per heavy atom. The second-order valence-corrected chi connectivity index (χ2v) is 8.79. The van der Waals surface area contributed by atoms with Crippen LogP contribution < -0.4 is 17.0 Å². The number of carbonyl (C=O) groups is 1. The number of aromatic nitrogens is 2. The van der Waals surface area contributed by atoms with E-state index in [1.807, 2.05) is 0 Å². The van der Waals surface area contributed by atoms with Gasteiger partial charge in [0, 0.05) is 18.0 Å². The first-order valence-electron chi connectivity index (χ1n) is 10.0. The maximum Gasteiger partial charge on any atom is 0.390 e. The molecule has 0 unspecified atom stereocenters. The number of fused-ring (bicyclic) bond motifs is 1. The van der Waals surface area contributed by atoms with Gasteiger partial charge in [0.1, 0.15) is 4.83 Å². The maximum atomic E-state index is 12.9. The van der Waals surface area contributed by atoms with Gasteiger partial charge in [0.15, 0.2) is 5.79 Å². The lowest BCUT2D eigenvalue weighted by atomic mass is 10.2. The number of alkyl halides is 3. The third kappa shape index (κ3) is 4.84. The maximum absolute atomic E-state index is 12.9. The highest BCUT2D eigenvalue weighted by atomic mass is 32.1. The fraction of sp³-hybridized carbons (Fsp3) is 0.632. The predicted molar refractivity (Wildman–Crippen MR) is 112 cm³/mol. The van der Waals surface area contributed by atoms with E-state index in [0.717, 1.165) is 20.5 Å². The van der Waals surface area contributed by atoms with Gasteiger partial charge in [-0.2, -0.15) is 13.2 Å². The minimum atomic E-state index is -4.46. The van der Waals surface area contributed by atoms with Crippen LogP contribution in [-0.2, 0) is 29.1 Å². The summed E-state index contributed by atoms with van der Waals surface area (Å²) in [5.74, 6) is -1.04. The van der Waals surface area contributed by atoms with Gasteiger partial charge >= 0.3 is 17.9 Å². The van der Waals surface area contributed by atoms with E-state index >= 15 is 0 Å². The summed E-state index contributed by atoms with van der Waals surface area (Å²) < 4.78 is 51.5. The van der Waals surface area contributed by atoms with Crippen LogP contribution in [0.3, 0.4) is 0 Å². The van der Waals surface area contributed by atoms with Crippen LogP contribution in [0.15, 0.2) is 9.59 Å². The lowest BCUT2D eigenvalue weighted by Crippen LogP contribution is -2.46. The summed E-state index contributed by atoms with van der Waals surface area (Å²) in [6, 6.07) is -0.748. The third-order valence-electron chi connectivity index (χ3n) is 5.35. The molecular formula is C19H25F3N4O5S. The van der Waals surface area contributed by atoms with Crippen molar-refractivity contribution in [3.63, 3.8) is 0 Å². The van der Waals surface area contributed by atoms with Crippen LogP contribution in [0.4, 0.5) is 18.0 Å². The second-order valence-electron chi connectivity index (χ2n) is 7.70. The lowest BCUT2D eigenvalue weighted by molar-refractivity contribution is -0.151. The number of ether oxygens (including phenoxy) is 2. The summed E-state index contributed by atoms with van der Waals surface area (Å²) in [5.41, 5.74) is 4.64. The van der Waals surface area contributed by atoms with Gasteiger partial charge in [0.25, 0.3) is 5.56 Å². The molecule has 1 aliphatic rings. The van der Waals surface area contributed by atoms with Crippen molar-refractivity contribution in [2.24, 2.45) is 5.73 Å². The Labute approximate surface area is 185 Å². The van der Waals surface area contributed by atoms with Gasteiger partial charge in [-0.15, -0.1) is 11.3 Å². The van der Waals surface area contributed by atoms with Crippen LogP contribution in [0, 0.1) is 6.92 Å². The standard InChI is InChI=1S/C19H25F3N4O5S/c1-4-25-14(27)13-11(2)12(9-24(16(23)28)10-18(3)30-7-8-31-18)32-15(13)26(17(25)29)6-5-19(20,21)22/h4-10H2,1-3H3,(H2,23,28). The van der Waals surface area contributed by atoms with Crippen molar-refractivity contribution in [1.29, 1.82) is 0 Å². The molecule has 0 radical (unpaired) electrons. The quantitative estimate of drug-likeness (QED) is 0.656. The van der Waals surface area contributed by atoms with Crippen LogP contribution in [0.1, 0.15) is 30.7 Å². The first kappa shape index (κ1) is 24.3. The SMILES string of the molecule is CCn1c(=O)c2c(C)c(CN(CC3(C)OCCO3)C(N)=O)sc2n(CCC(F)(F)F)c1=O. The summed E-state index contributed by atoms with van der Waals surface area (Å²) in [4.78, 5) is 39.6. The molecule has 9 nitrogen and oxygen atoms in total. The summed E-state index contributed by atoms with van der Waals surface area (Å²) in [6.07, 6.45) is -5.68. The molecule has 32 heavy (non-hydrogen) atoms. The molecule has 0 saturated carbocycles. The number of halogens is 3. The van der Waals surface area contributed by atoms with Gasteiger partial charge in [-0.05, 0) is 26.3 Å². The zero-order chi connectivity index (χ0) is 23.8. The number of primary amides is 1. The number of carbonyl (C=O) groups excluding carboxylic acids is 1. The summed E-state index contributed by atoms with van der Waals surface area (Å²) in [6.45, 7) is 5.03. The number of urea groups is 1. The fourth-order valence-electron chi connectivity index (χ4n) is 3.69. The molecular weight excluding hydrogens is 453 g/mol. The third-order valence-corrected chi connectivity index (χ3v) is 6.65. The average Bonchev–Trinajstić information content (AvgIpc) is 3.24. The normalized spacial score (nSPS) is 16.1. The Kier molecular flexibility index (Phi) is 6.72. The number of aryl methyl sites for hydroxylation is 2. The van der Waals surface area contributed by atoms with Gasteiger partial charge in [-0.3, -0.25) is 13.9 Å². The van der Waals surface area contributed by atoms with Crippen LogP contribution >= 0.6 is 11.3 Å². The highest BCUT2D eigenvalue weighted by molar-refractivity contribution is 7.18. The Morgan fingerprint density at radius 3 is 2.41 bits per heavy atom. The number of hydrogen-bond acceptors (Lipinski definition) is 6. The Hall–Kier alpha value is -2.38.